The van der Waals surface area contributed by atoms with Gasteiger partial charge in [0, 0.05) is 5.56 Å². The summed E-state index contributed by atoms with van der Waals surface area (Å²) < 4.78 is 86.8. The number of nitrogens with one attached hydrogen (secondary N) is 1. The van der Waals surface area contributed by atoms with Crippen LogP contribution in [0.3, 0.4) is 0 Å². The second-order valence-electron chi connectivity index (χ2n) is 9.35. The van der Waals surface area contributed by atoms with E-state index in [1.54, 1.807) is 60.7 Å². The van der Waals surface area contributed by atoms with E-state index >= 15 is 0 Å². The van der Waals surface area contributed by atoms with Crippen LogP contribution in [-0.4, -0.2) is 48.5 Å². The zero-order chi connectivity index (χ0) is 30.3. The highest BCUT2D eigenvalue weighted by Crippen LogP contribution is 2.47. The molecular weight excluding hydrogens is 583 g/mol. The summed E-state index contributed by atoms with van der Waals surface area (Å²) >= 11 is 0. The number of benzene rings is 4. The highest BCUT2D eigenvalue weighted by atomic mass is 31.2. The van der Waals surface area contributed by atoms with Crippen LogP contribution in [0.2, 0.25) is 0 Å². The predicted molar refractivity (Wildman–Crippen MR) is 148 cm³/mol. The van der Waals surface area contributed by atoms with Crippen molar-refractivity contribution >= 4 is 25.1 Å². The van der Waals surface area contributed by atoms with Gasteiger partial charge in [0.05, 0.1) is 6.04 Å². The van der Waals surface area contributed by atoms with Crippen molar-refractivity contribution in [2.24, 2.45) is 0 Å². The van der Waals surface area contributed by atoms with E-state index in [9.17, 15) is 36.2 Å². The molecule has 4 aromatic rings. The summed E-state index contributed by atoms with van der Waals surface area (Å²) in [4.78, 5) is 13.4. The van der Waals surface area contributed by atoms with Crippen molar-refractivity contribution in [1.29, 1.82) is 0 Å². The number of alkyl halides is 6. The fraction of sp³-hybridized carbons (Fsp3) is 0.233. The van der Waals surface area contributed by atoms with Gasteiger partial charge < -0.3 is 19.5 Å². The van der Waals surface area contributed by atoms with Crippen molar-refractivity contribution in [2.75, 3.05) is 13.2 Å². The van der Waals surface area contributed by atoms with Crippen molar-refractivity contribution in [2.45, 2.75) is 30.7 Å². The SMILES string of the molecule is O=C(NC(Cc1ccc(-c2ccccc2)cc1)C(O)P(OCC(F)(F)F)OCC(F)(F)F)c1cccc2ccccc12. The van der Waals surface area contributed by atoms with E-state index in [2.05, 4.69) is 14.4 Å². The molecule has 222 valence electrons. The number of halogens is 6. The van der Waals surface area contributed by atoms with Crippen LogP contribution in [0.5, 0.6) is 0 Å². The second kappa shape index (κ2) is 13.6. The Morgan fingerprint density at radius 3 is 1.90 bits per heavy atom. The Morgan fingerprint density at radius 1 is 0.738 bits per heavy atom. The van der Waals surface area contributed by atoms with Gasteiger partial charge in [-0.25, -0.2) is 0 Å². The molecule has 12 heteroatoms. The Bertz CT molecular complexity index is 1440. The Balaban J connectivity index is 1.63. The zero-order valence-electron chi connectivity index (χ0n) is 21.9. The fourth-order valence-electron chi connectivity index (χ4n) is 4.23. The molecule has 0 heterocycles. The molecule has 4 rings (SSSR count). The van der Waals surface area contributed by atoms with Crippen molar-refractivity contribution in [3.63, 3.8) is 0 Å². The molecule has 0 aliphatic heterocycles. The smallest absolute Gasteiger partial charge is 0.382 e. The van der Waals surface area contributed by atoms with Gasteiger partial charge in [-0.1, -0.05) is 91.0 Å². The predicted octanol–water partition coefficient (Wildman–Crippen LogP) is 7.64. The van der Waals surface area contributed by atoms with Crippen LogP contribution in [-0.2, 0) is 15.5 Å². The Labute approximate surface area is 239 Å². The third-order valence-electron chi connectivity index (χ3n) is 6.15. The first-order chi connectivity index (χ1) is 19.9. The maximum Gasteiger partial charge on any atom is 0.412 e. The van der Waals surface area contributed by atoms with E-state index in [-0.39, 0.29) is 12.0 Å². The molecule has 2 N–H and O–H groups in total. The molecule has 2 atom stereocenters. The summed E-state index contributed by atoms with van der Waals surface area (Å²) in [5, 5.41) is 15.0. The molecule has 0 aliphatic carbocycles. The summed E-state index contributed by atoms with van der Waals surface area (Å²) in [6.07, 6.45) is -9.93. The molecule has 0 radical (unpaired) electrons. The van der Waals surface area contributed by atoms with Crippen molar-refractivity contribution in [1.82, 2.24) is 5.32 Å². The molecule has 0 aromatic heterocycles. The van der Waals surface area contributed by atoms with E-state index in [4.69, 9.17) is 0 Å². The molecule has 4 aromatic carbocycles. The molecule has 0 fully saturated rings. The lowest BCUT2D eigenvalue weighted by molar-refractivity contribution is -0.163. The lowest BCUT2D eigenvalue weighted by Crippen LogP contribution is -2.45. The number of rotatable bonds is 11. The van der Waals surface area contributed by atoms with Crippen LogP contribution in [0.1, 0.15) is 15.9 Å². The third-order valence-corrected chi connectivity index (χ3v) is 7.71. The van der Waals surface area contributed by atoms with Gasteiger partial charge in [-0.2, -0.15) is 26.3 Å². The third kappa shape index (κ3) is 9.00. The lowest BCUT2D eigenvalue weighted by atomic mass is 10.00. The maximum absolute atomic E-state index is 13.4. The molecule has 42 heavy (non-hydrogen) atoms. The number of aliphatic hydroxyl groups is 1. The van der Waals surface area contributed by atoms with E-state index in [1.165, 1.54) is 6.07 Å². The molecule has 5 nitrogen and oxygen atoms in total. The van der Waals surface area contributed by atoms with Gasteiger partial charge in [-0.15, -0.1) is 0 Å². The average molecular weight is 610 g/mol. The monoisotopic (exact) mass is 609 g/mol. The van der Waals surface area contributed by atoms with Crippen molar-refractivity contribution in [3.05, 3.63) is 108 Å². The van der Waals surface area contributed by atoms with Crippen LogP contribution in [0.4, 0.5) is 26.3 Å². The molecule has 1 amide bonds. The van der Waals surface area contributed by atoms with Crippen LogP contribution < -0.4 is 5.32 Å². The first-order valence-corrected chi connectivity index (χ1v) is 13.9. The number of hydrogen-bond acceptors (Lipinski definition) is 4. The first kappa shape index (κ1) is 31.4. The summed E-state index contributed by atoms with van der Waals surface area (Å²) in [7, 11) is -3.16. The minimum absolute atomic E-state index is 0.143. The number of aliphatic hydroxyl groups excluding tert-OH is 1. The lowest BCUT2D eigenvalue weighted by Gasteiger charge is -2.30. The second-order valence-corrected chi connectivity index (χ2v) is 11.0. The number of fused-ring (bicyclic) bond motifs is 1. The molecule has 0 aliphatic rings. The van der Waals surface area contributed by atoms with E-state index in [0.717, 1.165) is 16.5 Å². The van der Waals surface area contributed by atoms with Crippen molar-refractivity contribution in [3.8, 4) is 11.1 Å². The number of carbonyl (C=O) groups excluding carboxylic acids is 1. The van der Waals surface area contributed by atoms with Crippen LogP contribution in [0.15, 0.2) is 97.1 Å². The summed E-state index contributed by atoms with van der Waals surface area (Å²) in [5.74, 6) is -2.73. The van der Waals surface area contributed by atoms with E-state index < -0.39 is 51.7 Å². The number of amides is 1. The largest absolute Gasteiger partial charge is 0.412 e. The normalized spacial score (nSPS) is 13.7. The molecule has 0 spiro atoms. The highest BCUT2D eigenvalue weighted by Gasteiger charge is 2.39. The molecule has 0 saturated carbocycles. The Kier molecular flexibility index (Phi) is 10.2. The van der Waals surface area contributed by atoms with Gasteiger partial charge in [0.2, 0.25) is 8.38 Å². The zero-order valence-corrected chi connectivity index (χ0v) is 22.8. The van der Waals surface area contributed by atoms with Gasteiger partial charge >= 0.3 is 12.4 Å². The molecule has 0 saturated heterocycles. The topological polar surface area (TPSA) is 67.8 Å². The standard InChI is InChI=1S/C30H26F6NO4P/c31-29(32,33)18-40-42(41-19-30(34,35)36)28(39)26(17-20-13-15-22(16-14-20)21-7-2-1-3-8-21)37-27(38)25-12-6-10-23-9-4-5-11-24(23)25/h1-16,26,28,39H,17-19H2,(H,37,38). The van der Waals surface area contributed by atoms with E-state index in [0.29, 0.717) is 10.9 Å². The summed E-state index contributed by atoms with van der Waals surface area (Å²) in [6, 6.07) is 26.9. The highest BCUT2D eigenvalue weighted by molar-refractivity contribution is 7.47. The number of carbonyl (C=O) groups is 1. The van der Waals surface area contributed by atoms with Gasteiger partial charge in [0.1, 0.15) is 19.1 Å². The molecule has 0 bridgehead atoms. The molecular formula is C30H26F6NO4P. The van der Waals surface area contributed by atoms with Crippen LogP contribution >= 0.6 is 8.38 Å². The first-order valence-electron chi connectivity index (χ1n) is 12.7. The van der Waals surface area contributed by atoms with Gasteiger partial charge in [0.25, 0.3) is 5.91 Å². The Morgan fingerprint density at radius 2 is 1.29 bits per heavy atom. The van der Waals surface area contributed by atoms with Crippen molar-refractivity contribution < 1.29 is 45.3 Å². The summed E-state index contributed by atoms with van der Waals surface area (Å²) in [5.41, 5.74) is 2.55. The quantitative estimate of drug-likeness (QED) is 0.136. The van der Waals surface area contributed by atoms with Gasteiger partial charge in [0.15, 0.2) is 0 Å². The fourth-order valence-corrected chi connectivity index (χ4v) is 5.63. The van der Waals surface area contributed by atoms with Gasteiger partial charge in [-0.3, -0.25) is 4.79 Å². The van der Waals surface area contributed by atoms with Crippen LogP contribution in [0, 0.1) is 0 Å². The summed E-state index contributed by atoms with van der Waals surface area (Å²) in [6.45, 7) is -3.88. The maximum atomic E-state index is 13.4. The number of hydrogen-bond donors (Lipinski definition) is 2. The average Bonchev–Trinajstić information content (AvgIpc) is 2.96. The Hall–Kier alpha value is -3.50. The molecule has 2 unspecified atom stereocenters. The van der Waals surface area contributed by atoms with Gasteiger partial charge in [-0.05, 0) is 39.9 Å². The van der Waals surface area contributed by atoms with Crippen LogP contribution in [0.25, 0.3) is 21.9 Å². The minimum atomic E-state index is -4.89. The van der Waals surface area contributed by atoms with E-state index in [1.807, 2.05) is 30.3 Å². The minimum Gasteiger partial charge on any atom is -0.382 e.